The van der Waals surface area contributed by atoms with Crippen molar-refractivity contribution >= 4 is 39.9 Å². The average molecular weight is 335 g/mol. The molecule has 2 N–H and O–H groups in total. The Labute approximate surface area is 125 Å². The molecule has 1 aromatic carbocycles. The van der Waals surface area contributed by atoms with E-state index < -0.39 is 17.7 Å². The lowest BCUT2D eigenvalue weighted by atomic mass is 10.2. The summed E-state index contributed by atoms with van der Waals surface area (Å²) in [7, 11) is 0. The van der Waals surface area contributed by atoms with Gasteiger partial charge in [-0.05, 0) is 12.1 Å². The fourth-order valence-electron chi connectivity index (χ4n) is 1.40. The Morgan fingerprint density at radius 3 is 2.71 bits per heavy atom. The molecule has 0 aliphatic heterocycles. The lowest BCUT2D eigenvalue weighted by Gasteiger charge is -2.12. The molecule has 0 amide bonds. The number of para-hydroxylation sites is 1. The summed E-state index contributed by atoms with van der Waals surface area (Å²) < 4.78 is 38.8. The van der Waals surface area contributed by atoms with Crippen LogP contribution in [0.1, 0.15) is 5.56 Å². The average Bonchev–Trinajstić information content (AvgIpc) is 2.83. The molecule has 1 heterocycles. The topological polar surface area (TPSA) is 75.1 Å². The molecule has 2 aromatic rings. The summed E-state index contributed by atoms with van der Waals surface area (Å²) >= 11 is 1.94. The molecule has 21 heavy (non-hydrogen) atoms. The zero-order chi connectivity index (χ0) is 15.5. The van der Waals surface area contributed by atoms with Crippen molar-refractivity contribution in [3.05, 3.63) is 29.8 Å². The standard InChI is InChI=1S/C11H8F3N3O2S2/c12-11(13,14)6-3-1-2-4-7(6)15-9-16-17-10(21-9)20-5-8(18)19/h1-4H,5H2,(H,15,16)(H,18,19). The number of rotatable bonds is 5. The minimum absolute atomic E-state index is 0.129. The molecule has 5 nitrogen and oxygen atoms in total. The first-order valence-corrected chi connectivity index (χ1v) is 7.28. The van der Waals surface area contributed by atoms with Gasteiger partial charge in [0.15, 0.2) is 4.34 Å². The molecule has 1 aromatic heterocycles. The Balaban J connectivity index is 2.14. The van der Waals surface area contributed by atoms with Crippen LogP contribution in [0.5, 0.6) is 0 Å². The van der Waals surface area contributed by atoms with E-state index in [9.17, 15) is 18.0 Å². The molecule has 0 aliphatic carbocycles. The van der Waals surface area contributed by atoms with Crippen molar-refractivity contribution in [1.29, 1.82) is 0 Å². The molecular formula is C11H8F3N3O2S2. The first kappa shape index (κ1) is 15.6. The molecule has 2 rings (SSSR count). The van der Waals surface area contributed by atoms with Crippen LogP contribution in [0, 0.1) is 0 Å². The van der Waals surface area contributed by atoms with E-state index in [1.165, 1.54) is 18.2 Å². The monoisotopic (exact) mass is 335 g/mol. The van der Waals surface area contributed by atoms with Gasteiger partial charge in [-0.15, -0.1) is 10.2 Å². The third kappa shape index (κ3) is 4.33. The largest absolute Gasteiger partial charge is 0.481 e. The summed E-state index contributed by atoms with van der Waals surface area (Å²) in [5, 5.41) is 18.6. The van der Waals surface area contributed by atoms with Gasteiger partial charge in [0.05, 0.1) is 17.0 Å². The van der Waals surface area contributed by atoms with Gasteiger partial charge in [0.1, 0.15) is 0 Å². The number of aromatic nitrogens is 2. The quantitative estimate of drug-likeness (QED) is 0.815. The number of nitrogens with zero attached hydrogens (tertiary/aromatic N) is 2. The third-order valence-electron chi connectivity index (χ3n) is 2.20. The summed E-state index contributed by atoms with van der Waals surface area (Å²) in [4.78, 5) is 10.4. The van der Waals surface area contributed by atoms with Crippen LogP contribution in [0.15, 0.2) is 28.6 Å². The van der Waals surface area contributed by atoms with Crippen molar-refractivity contribution in [3.63, 3.8) is 0 Å². The fraction of sp³-hybridized carbons (Fsp3) is 0.182. The molecule has 0 fully saturated rings. The number of carboxylic acids is 1. The van der Waals surface area contributed by atoms with Crippen molar-refractivity contribution in [1.82, 2.24) is 10.2 Å². The van der Waals surface area contributed by atoms with Crippen LogP contribution in [0.3, 0.4) is 0 Å². The van der Waals surface area contributed by atoms with E-state index in [2.05, 4.69) is 15.5 Å². The number of alkyl halides is 3. The van der Waals surface area contributed by atoms with E-state index in [0.717, 1.165) is 29.2 Å². The van der Waals surface area contributed by atoms with E-state index in [0.29, 0.717) is 4.34 Å². The van der Waals surface area contributed by atoms with Gasteiger partial charge in [-0.1, -0.05) is 35.2 Å². The first-order valence-electron chi connectivity index (χ1n) is 5.47. The SMILES string of the molecule is O=C(O)CSc1nnc(Nc2ccccc2C(F)(F)F)s1. The first-order chi connectivity index (χ1) is 9.86. The zero-order valence-corrected chi connectivity index (χ0v) is 11.8. The predicted molar refractivity (Wildman–Crippen MR) is 73.0 cm³/mol. The van der Waals surface area contributed by atoms with E-state index >= 15 is 0 Å². The number of aliphatic carboxylic acids is 1. The second-order valence-electron chi connectivity index (χ2n) is 3.72. The highest BCUT2D eigenvalue weighted by atomic mass is 32.2. The summed E-state index contributed by atoms with van der Waals surface area (Å²) in [5.74, 6) is -1.19. The van der Waals surface area contributed by atoms with Crippen LogP contribution in [0.25, 0.3) is 0 Å². The lowest BCUT2D eigenvalue weighted by Crippen LogP contribution is -2.08. The third-order valence-corrected chi connectivity index (χ3v) is 4.16. The predicted octanol–water partition coefficient (Wildman–Crippen LogP) is 3.48. The van der Waals surface area contributed by atoms with E-state index in [-0.39, 0.29) is 16.6 Å². The number of anilines is 2. The zero-order valence-electron chi connectivity index (χ0n) is 10.2. The van der Waals surface area contributed by atoms with Gasteiger partial charge in [-0.2, -0.15) is 13.2 Å². The molecule has 0 atom stereocenters. The second-order valence-corrected chi connectivity index (χ2v) is 5.92. The number of nitrogens with one attached hydrogen (secondary N) is 1. The molecule has 0 saturated heterocycles. The number of halogens is 3. The van der Waals surface area contributed by atoms with Gasteiger partial charge in [0.25, 0.3) is 0 Å². The van der Waals surface area contributed by atoms with Crippen LogP contribution in [0.4, 0.5) is 24.0 Å². The van der Waals surface area contributed by atoms with Gasteiger partial charge in [-0.3, -0.25) is 4.79 Å². The molecule has 0 bridgehead atoms. The Morgan fingerprint density at radius 2 is 2.05 bits per heavy atom. The summed E-state index contributed by atoms with van der Waals surface area (Å²) in [5.41, 5.74) is -0.934. The summed E-state index contributed by atoms with van der Waals surface area (Å²) in [6.07, 6.45) is -4.48. The lowest BCUT2D eigenvalue weighted by molar-refractivity contribution is -0.137. The highest BCUT2D eigenvalue weighted by Crippen LogP contribution is 2.36. The van der Waals surface area contributed by atoms with Gasteiger partial charge in [-0.25, -0.2) is 0 Å². The van der Waals surface area contributed by atoms with E-state index in [4.69, 9.17) is 5.11 Å². The van der Waals surface area contributed by atoms with Gasteiger partial charge < -0.3 is 10.4 Å². The maximum atomic E-state index is 12.8. The Morgan fingerprint density at radius 1 is 1.33 bits per heavy atom. The van der Waals surface area contributed by atoms with Gasteiger partial charge in [0, 0.05) is 0 Å². The highest BCUT2D eigenvalue weighted by Gasteiger charge is 2.33. The number of hydrogen-bond donors (Lipinski definition) is 2. The maximum absolute atomic E-state index is 12.8. The molecule has 0 unspecified atom stereocenters. The van der Waals surface area contributed by atoms with Gasteiger partial charge in [0.2, 0.25) is 5.13 Å². The minimum atomic E-state index is -4.48. The Bertz CT molecular complexity index is 646. The number of hydrogen-bond acceptors (Lipinski definition) is 6. The van der Waals surface area contributed by atoms with Crippen LogP contribution >= 0.6 is 23.1 Å². The minimum Gasteiger partial charge on any atom is -0.481 e. The van der Waals surface area contributed by atoms with E-state index in [1.807, 2.05) is 0 Å². The van der Waals surface area contributed by atoms with Crippen molar-refractivity contribution in [3.8, 4) is 0 Å². The molecule has 0 radical (unpaired) electrons. The van der Waals surface area contributed by atoms with Crippen LogP contribution in [-0.4, -0.2) is 27.0 Å². The van der Waals surface area contributed by atoms with Gasteiger partial charge >= 0.3 is 12.1 Å². The molecule has 0 spiro atoms. The van der Waals surface area contributed by atoms with Crippen molar-refractivity contribution < 1.29 is 23.1 Å². The van der Waals surface area contributed by atoms with Crippen molar-refractivity contribution in [2.75, 3.05) is 11.1 Å². The summed E-state index contributed by atoms with van der Waals surface area (Å²) in [6, 6.07) is 5.01. The Hall–Kier alpha value is -1.81. The number of thioether (sulfide) groups is 1. The molecular weight excluding hydrogens is 327 g/mol. The fourth-order valence-corrected chi connectivity index (χ4v) is 2.88. The Kier molecular flexibility index (Phi) is 4.68. The van der Waals surface area contributed by atoms with Crippen LogP contribution in [-0.2, 0) is 11.0 Å². The number of benzene rings is 1. The molecule has 112 valence electrons. The van der Waals surface area contributed by atoms with Crippen molar-refractivity contribution in [2.45, 2.75) is 10.5 Å². The van der Waals surface area contributed by atoms with Crippen LogP contribution < -0.4 is 5.32 Å². The second kappa shape index (κ2) is 6.31. The molecule has 0 aliphatic rings. The van der Waals surface area contributed by atoms with Crippen LogP contribution in [0.2, 0.25) is 0 Å². The normalized spacial score (nSPS) is 11.4. The molecule has 10 heteroatoms. The van der Waals surface area contributed by atoms with Crippen molar-refractivity contribution in [2.24, 2.45) is 0 Å². The highest BCUT2D eigenvalue weighted by molar-refractivity contribution is 8.01. The smallest absolute Gasteiger partial charge is 0.418 e. The van der Waals surface area contributed by atoms with E-state index in [1.54, 1.807) is 0 Å². The maximum Gasteiger partial charge on any atom is 0.418 e. The molecule has 0 saturated carbocycles. The number of carbonyl (C=O) groups is 1. The number of carboxylic acid groups (broad SMARTS) is 1. The summed E-state index contributed by atoms with van der Waals surface area (Å²) in [6.45, 7) is 0.